The molecule has 19 heteroatoms. The molecule has 8 heterocycles. The predicted molar refractivity (Wildman–Crippen MR) is 438 cm³/mol. The van der Waals surface area contributed by atoms with Crippen LogP contribution in [0, 0.1) is 95.0 Å². The van der Waals surface area contributed by atoms with Crippen LogP contribution >= 0.6 is 0 Å². The molecule has 12 nitrogen and oxygen atoms in total. The molecule has 0 bridgehead atoms. The normalized spacial score (nSPS) is 10.6. The van der Waals surface area contributed by atoms with Crippen molar-refractivity contribution in [3.8, 4) is 62.2 Å². The number of pyridine rings is 3. The van der Waals surface area contributed by atoms with Crippen LogP contribution in [-0.2, 0) is 127 Å². The SMILES string of the molecule is CCCc1nc(-c2[c-]cccc2)n(C)n1.Cc1cccc(C)c1-c1cnc2c3[c-]cccc3c3cc(CC(C)(C)C)ccc3n12.Cc1cccc(C)c1-c1cnc2c3[c-]cccc3c3ccccc3n12.Cc1nc(-c2[c-]cccc2)n(C)c1C.Fc1c[c-]c(-c2ccccn2)c(F)c1.[Ir].[Ir].[Ir].[Ir].[Ir].[c-]1ccccc1-n1cccn1. The van der Waals surface area contributed by atoms with Crippen molar-refractivity contribution in [1.29, 1.82) is 0 Å². The monoisotopic (exact) mass is 2400 g/mol. The second-order valence-electron chi connectivity index (χ2n) is 28.1. The van der Waals surface area contributed by atoms with Crippen LogP contribution in [-0.4, -0.2) is 57.8 Å². The van der Waals surface area contributed by atoms with Crippen LogP contribution < -0.4 is 0 Å². The van der Waals surface area contributed by atoms with E-state index in [1.54, 1.807) is 35.3 Å². The zero-order valence-corrected chi connectivity index (χ0v) is 77.1. The molecule has 0 fully saturated rings. The molecule has 0 spiro atoms. The molecule has 0 aliphatic rings. The fourth-order valence-electron chi connectivity index (χ4n) is 13.8. The molecule has 10 aromatic carbocycles. The minimum Gasteiger partial charge on any atom is -0.371 e. The van der Waals surface area contributed by atoms with E-state index in [2.05, 4.69) is 234 Å². The maximum atomic E-state index is 13.2. The first-order valence-electron chi connectivity index (χ1n) is 36.5. The molecule has 589 valence electrons. The molecule has 0 saturated heterocycles. The Labute approximate surface area is 733 Å². The summed E-state index contributed by atoms with van der Waals surface area (Å²) in [6, 6.07) is 92.0. The number of imidazole rings is 3. The van der Waals surface area contributed by atoms with E-state index in [4.69, 9.17) is 9.97 Å². The molecule has 18 rings (SSSR count). The van der Waals surface area contributed by atoms with E-state index >= 15 is 0 Å². The minimum atomic E-state index is -0.649. The van der Waals surface area contributed by atoms with Crippen molar-refractivity contribution in [1.82, 2.24) is 57.8 Å². The van der Waals surface area contributed by atoms with Crippen LogP contribution in [0.5, 0.6) is 0 Å². The van der Waals surface area contributed by atoms with Crippen molar-refractivity contribution < 1.29 is 109 Å². The Hall–Kier alpha value is -9.56. The first kappa shape index (κ1) is 90.0. The Morgan fingerprint density at radius 3 is 1.52 bits per heavy atom. The van der Waals surface area contributed by atoms with E-state index in [0.29, 0.717) is 5.69 Å². The number of hydrogen-bond acceptors (Lipinski definition) is 7. The van der Waals surface area contributed by atoms with Gasteiger partial charge in [-0.2, -0.15) is 34.5 Å². The molecular weight excluding hydrogens is 2310 g/mol. The number of hydrogen-bond donors (Lipinski definition) is 0. The molecule has 114 heavy (non-hydrogen) atoms. The quantitative estimate of drug-likeness (QED) is 0.104. The van der Waals surface area contributed by atoms with Gasteiger partial charge in [-0.25, -0.2) is 0 Å². The number of benzene rings is 10. The summed E-state index contributed by atoms with van der Waals surface area (Å²) >= 11 is 0. The average Bonchev–Trinajstić information content (AvgIpc) is 1.59. The first-order chi connectivity index (χ1) is 52.8. The Balaban J connectivity index is 0.000000176. The molecule has 5 radical (unpaired) electrons. The number of nitrogens with zero attached hydrogens (tertiary/aromatic N) is 12. The number of aryl methyl sites for hydroxylation is 7. The molecule has 8 aromatic heterocycles. The standard InChI is InChI=1S/C28H27N2.C23H17N2.C12H14N3.C12H13N2.C11H6F2N.C9H7N2.5Ir/c1-18-9-8-10-19(2)26(18)25-17-29-27-22-12-7-6-11-21(22)23-15-20(16-28(3,4)5)13-14-24(23)30(25)27;1-15-8-7-9-16(2)22(15)21-14-24-23-19-12-4-3-10-17(19)18-11-5-6-13-20(18)25(21)23;1-3-7-11-13-12(15(2)14-11)10-8-5-4-6-9-10;1-9-10(2)14(3)12(13-9)11-7-5-4-6-8-11;12-8-4-5-9(10(13)7-8)11-3-1-2-6-14-11;1-2-5-9(6-3-1)11-8-4-7-10-11;;;;;/h6-11,13-15,17H,16H2,1-5H3;3-11,13-14H,1-2H3;4-6,8H,3,7H2,1-2H3;4-7H,1-3H3;1-4,6-7H;1-5,7-8H;;;;;/q6*-1;;;;;. The summed E-state index contributed by atoms with van der Waals surface area (Å²) in [4.78, 5) is 22.6. The third-order valence-corrected chi connectivity index (χ3v) is 18.9. The summed E-state index contributed by atoms with van der Waals surface area (Å²) in [5.41, 5.74) is 21.8. The van der Waals surface area contributed by atoms with Crippen LogP contribution in [0.2, 0.25) is 0 Å². The number of halogens is 2. The Kier molecular flexibility index (Phi) is 32.5. The van der Waals surface area contributed by atoms with Crippen molar-refractivity contribution in [2.75, 3.05) is 0 Å². The van der Waals surface area contributed by atoms with Gasteiger partial charge in [0.1, 0.15) is 5.82 Å². The van der Waals surface area contributed by atoms with Crippen molar-refractivity contribution >= 4 is 54.6 Å². The van der Waals surface area contributed by atoms with Gasteiger partial charge in [-0.1, -0.05) is 129 Å². The fourth-order valence-corrected chi connectivity index (χ4v) is 13.8. The second kappa shape index (κ2) is 41.1. The molecule has 0 unspecified atom stereocenters. The van der Waals surface area contributed by atoms with Crippen molar-refractivity contribution in [2.24, 2.45) is 19.5 Å². The van der Waals surface area contributed by atoms with Crippen LogP contribution in [0.15, 0.2) is 255 Å². The minimum absolute atomic E-state index is 0. The predicted octanol–water partition coefficient (Wildman–Crippen LogP) is 22.3. The summed E-state index contributed by atoms with van der Waals surface area (Å²) in [6.07, 6.45) is 12.3. The number of para-hydroxylation sites is 2. The Bertz CT molecular complexity index is 6120. The molecule has 0 aliphatic heterocycles. The second-order valence-corrected chi connectivity index (χ2v) is 28.1. The van der Waals surface area contributed by atoms with Crippen molar-refractivity contribution in [3.05, 3.63) is 349 Å². The van der Waals surface area contributed by atoms with Crippen LogP contribution in [0.1, 0.15) is 79.1 Å². The third-order valence-electron chi connectivity index (χ3n) is 18.9. The fraction of sp³-hybridized carbons (Fsp3) is 0.168. The van der Waals surface area contributed by atoms with Gasteiger partial charge in [-0.15, -0.1) is 149 Å². The van der Waals surface area contributed by atoms with Gasteiger partial charge in [-0.05, 0) is 134 Å². The van der Waals surface area contributed by atoms with Gasteiger partial charge >= 0.3 is 0 Å². The first-order valence-corrected chi connectivity index (χ1v) is 36.5. The van der Waals surface area contributed by atoms with E-state index in [1.165, 1.54) is 77.2 Å². The zero-order valence-electron chi connectivity index (χ0n) is 65.2. The Morgan fingerprint density at radius 1 is 0.474 bits per heavy atom. The maximum Gasteiger partial charge on any atom is 0.140 e. The molecule has 0 amide bonds. The van der Waals surface area contributed by atoms with Gasteiger partial charge in [0.05, 0.1) is 34.3 Å². The molecule has 0 saturated carbocycles. The van der Waals surface area contributed by atoms with Gasteiger partial charge in [0, 0.05) is 197 Å². The van der Waals surface area contributed by atoms with Crippen LogP contribution in [0.4, 0.5) is 8.78 Å². The summed E-state index contributed by atoms with van der Waals surface area (Å²) in [5.74, 6) is 1.50. The van der Waals surface area contributed by atoms with E-state index in [-0.39, 0.29) is 112 Å². The number of fused-ring (bicyclic) bond motifs is 12. The summed E-state index contributed by atoms with van der Waals surface area (Å²) in [6.45, 7) is 21.8. The summed E-state index contributed by atoms with van der Waals surface area (Å²) < 4.78 is 36.1. The molecule has 18 aromatic rings. The van der Waals surface area contributed by atoms with E-state index in [1.807, 2.05) is 141 Å². The summed E-state index contributed by atoms with van der Waals surface area (Å²) in [7, 11) is 3.95. The molecule has 0 N–H and O–H groups in total. The zero-order chi connectivity index (χ0) is 76.3. The van der Waals surface area contributed by atoms with Gasteiger partial charge in [0.2, 0.25) is 0 Å². The van der Waals surface area contributed by atoms with Crippen molar-refractivity contribution in [3.63, 3.8) is 0 Å². The van der Waals surface area contributed by atoms with Gasteiger partial charge in [0.15, 0.2) is 0 Å². The number of aromatic nitrogens is 12. The van der Waals surface area contributed by atoms with Crippen molar-refractivity contribution in [2.45, 2.75) is 88.5 Å². The topological polar surface area (TPSA) is 114 Å². The number of rotatable bonds is 9. The largest absolute Gasteiger partial charge is 0.371 e. The summed E-state index contributed by atoms with van der Waals surface area (Å²) in [5, 5.41) is 15.5. The maximum absolute atomic E-state index is 13.2. The average molecular weight is 2390 g/mol. The molecular formula is C95H84F2Ir5N12-6. The van der Waals surface area contributed by atoms with Crippen LogP contribution in [0.3, 0.4) is 0 Å². The van der Waals surface area contributed by atoms with E-state index < -0.39 is 11.6 Å². The van der Waals surface area contributed by atoms with Crippen LogP contribution in [0.25, 0.3) is 117 Å². The van der Waals surface area contributed by atoms with Gasteiger partial charge in [-0.3, -0.25) is 38.1 Å². The van der Waals surface area contributed by atoms with E-state index in [9.17, 15) is 8.78 Å². The van der Waals surface area contributed by atoms with E-state index in [0.717, 1.165) is 105 Å². The van der Waals surface area contributed by atoms with Gasteiger partial charge < -0.3 is 18.4 Å². The Morgan fingerprint density at radius 2 is 1.01 bits per heavy atom. The van der Waals surface area contributed by atoms with Gasteiger partial charge in [0.25, 0.3) is 0 Å². The third kappa shape index (κ3) is 20.6. The molecule has 0 aliphatic carbocycles. The molecule has 0 atom stereocenters. The smallest absolute Gasteiger partial charge is 0.140 e.